The number of thiazole rings is 1. The number of hydrogen-bond acceptors (Lipinski definition) is 5. The van der Waals surface area contributed by atoms with E-state index in [-0.39, 0.29) is 4.90 Å². The van der Waals surface area contributed by atoms with Crippen LogP contribution in [0.5, 0.6) is 0 Å². The molecular weight excluding hydrogens is 366 g/mol. The second-order valence-corrected chi connectivity index (χ2v) is 9.04. The molecule has 0 N–H and O–H groups in total. The summed E-state index contributed by atoms with van der Waals surface area (Å²) in [6.45, 7) is 5.26. The van der Waals surface area contributed by atoms with Gasteiger partial charge in [-0.25, -0.2) is 13.4 Å². The minimum Gasteiger partial charge on any atom is -0.295 e. The van der Waals surface area contributed by atoms with E-state index < -0.39 is 10.0 Å². The van der Waals surface area contributed by atoms with E-state index in [1.165, 1.54) is 10.4 Å². The molecule has 3 rings (SSSR count). The van der Waals surface area contributed by atoms with Gasteiger partial charge in [0.2, 0.25) is 10.0 Å². The Morgan fingerprint density at radius 3 is 2.62 bits per heavy atom. The molecule has 0 spiro atoms. The molecule has 1 saturated heterocycles. The maximum absolute atomic E-state index is 12.7. The van der Waals surface area contributed by atoms with Crippen LogP contribution in [0.3, 0.4) is 0 Å². The van der Waals surface area contributed by atoms with E-state index in [0.29, 0.717) is 31.2 Å². The highest BCUT2D eigenvalue weighted by Gasteiger charge is 2.28. The number of sulfonamides is 1. The van der Waals surface area contributed by atoms with Gasteiger partial charge in [-0.15, -0.1) is 11.3 Å². The van der Waals surface area contributed by atoms with Crippen molar-refractivity contribution in [3.05, 3.63) is 45.4 Å². The van der Waals surface area contributed by atoms with E-state index in [2.05, 4.69) is 22.2 Å². The van der Waals surface area contributed by atoms with Crippen molar-refractivity contribution in [1.29, 1.82) is 0 Å². The molecule has 8 heteroatoms. The van der Waals surface area contributed by atoms with Crippen molar-refractivity contribution in [1.82, 2.24) is 14.2 Å². The SMILES string of the molecule is CCc1nc(CN2CCN(S(=O)(=O)c3cccc(Cl)c3)CC2)cs1. The Morgan fingerprint density at radius 2 is 2.00 bits per heavy atom. The van der Waals surface area contributed by atoms with Gasteiger partial charge in [0.1, 0.15) is 0 Å². The summed E-state index contributed by atoms with van der Waals surface area (Å²) >= 11 is 7.60. The smallest absolute Gasteiger partial charge is 0.243 e. The maximum atomic E-state index is 12.7. The molecule has 1 aliphatic heterocycles. The summed E-state index contributed by atoms with van der Waals surface area (Å²) in [5.41, 5.74) is 1.07. The monoisotopic (exact) mass is 385 g/mol. The highest BCUT2D eigenvalue weighted by molar-refractivity contribution is 7.89. The first kappa shape index (κ1) is 17.8. The van der Waals surface area contributed by atoms with Gasteiger partial charge in [0, 0.05) is 43.1 Å². The molecule has 5 nitrogen and oxygen atoms in total. The lowest BCUT2D eigenvalue weighted by molar-refractivity contribution is 0.180. The first-order valence-electron chi connectivity index (χ1n) is 7.90. The summed E-state index contributed by atoms with van der Waals surface area (Å²) < 4.78 is 26.9. The van der Waals surface area contributed by atoms with Gasteiger partial charge < -0.3 is 0 Å². The molecule has 0 radical (unpaired) electrons. The van der Waals surface area contributed by atoms with Gasteiger partial charge in [0.05, 0.1) is 15.6 Å². The summed E-state index contributed by atoms with van der Waals surface area (Å²) in [6.07, 6.45) is 0.955. The topological polar surface area (TPSA) is 53.5 Å². The lowest BCUT2D eigenvalue weighted by atomic mass is 10.3. The highest BCUT2D eigenvalue weighted by Crippen LogP contribution is 2.21. The van der Waals surface area contributed by atoms with Crippen LogP contribution in [0.25, 0.3) is 0 Å². The number of hydrogen-bond donors (Lipinski definition) is 0. The van der Waals surface area contributed by atoms with Crippen LogP contribution in [0.15, 0.2) is 34.5 Å². The zero-order valence-corrected chi connectivity index (χ0v) is 15.9. The predicted octanol–water partition coefficient (Wildman–Crippen LogP) is 2.87. The van der Waals surface area contributed by atoms with Crippen LogP contribution in [0.2, 0.25) is 5.02 Å². The number of nitrogens with zero attached hydrogens (tertiary/aromatic N) is 3. The molecule has 0 saturated carbocycles. The van der Waals surface area contributed by atoms with Crippen molar-refractivity contribution >= 4 is 33.0 Å². The Hall–Kier alpha value is -0.990. The summed E-state index contributed by atoms with van der Waals surface area (Å²) in [7, 11) is -3.47. The van der Waals surface area contributed by atoms with Gasteiger partial charge in [-0.2, -0.15) is 4.31 Å². The van der Waals surface area contributed by atoms with Crippen molar-refractivity contribution in [2.75, 3.05) is 26.2 Å². The molecule has 24 heavy (non-hydrogen) atoms. The predicted molar refractivity (Wildman–Crippen MR) is 97.0 cm³/mol. The normalized spacial score (nSPS) is 17.2. The van der Waals surface area contributed by atoms with E-state index in [4.69, 9.17) is 11.6 Å². The largest absolute Gasteiger partial charge is 0.295 e. The molecule has 1 aromatic heterocycles. The molecule has 1 aliphatic rings. The molecule has 2 heterocycles. The van der Waals surface area contributed by atoms with E-state index in [1.54, 1.807) is 29.5 Å². The standard InChI is InChI=1S/C16H20ClN3O2S2/c1-2-16-18-14(12-23-16)11-19-6-8-20(9-7-19)24(21,22)15-5-3-4-13(17)10-15/h3-5,10,12H,2,6-9,11H2,1H3. The number of piperazine rings is 1. The number of aryl methyl sites for hydroxylation is 1. The Balaban J connectivity index is 1.62. The molecular formula is C16H20ClN3O2S2. The van der Waals surface area contributed by atoms with Crippen molar-refractivity contribution in [2.45, 2.75) is 24.8 Å². The molecule has 0 atom stereocenters. The quantitative estimate of drug-likeness (QED) is 0.794. The average Bonchev–Trinajstić information content (AvgIpc) is 3.03. The maximum Gasteiger partial charge on any atom is 0.243 e. The average molecular weight is 386 g/mol. The summed E-state index contributed by atoms with van der Waals surface area (Å²) in [5, 5.41) is 3.67. The van der Waals surface area contributed by atoms with Gasteiger partial charge in [-0.05, 0) is 24.6 Å². The highest BCUT2D eigenvalue weighted by atomic mass is 35.5. The number of benzene rings is 1. The van der Waals surface area contributed by atoms with Crippen molar-refractivity contribution < 1.29 is 8.42 Å². The van der Waals surface area contributed by atoms with E-state index in [9.17, 15) is 8.42 Å². The lowest BCUT2D eigenvalue weighted by Gasteiger charge is -2.33. The molecule has 0 amide bonds. The molecule has 0 bridgehead atoms. The number of aromatic nitrogens is 1. The zero-order chi connectivity index (χ0) is 17.2. The fraction of sp³-hybridized carbons (Fsp3) is 0.438. The minimum atomic E-state index is -3.47. The number of rotatable bonds is 5. The van der Waals surface area contributed by atoms with E-state index in [0.717, 1.165) is 23.7 Å². The molecule has 1 fully saturated rings. The van der Waals surface area contributed by atoms with Gasteiger partial charge in [0.25, 0.3) is 0 Å². The van der Waals surface area contributed by atoms with Crippen molar-refractivity contribution in [3.63, 3.8) is 0 Å². The third kappa shape index (κ3) is 3.97. The zero-order valence-electron chi connectivity index (χ0n) is 13.5. The van der Waals surface area contributed by atoms with E-state index >= 15 is 0 Å². The molecule has 0 aliphatic carbocycles. The van der Waals surface area contributed by atoms with Crippen LogP contribution in [0.1, 0.15) is 17.6 Å². The Kier molecular flexibility index (Phi) is 5.56. The minimum absolute atomic E-state index is 0.260. The lowest BCUT2D eigenvalue weighted by Crippen LogP contribution is -2.48. The first-order chi connectivity index (χ1) is 11.5. The summed E-state index contributed by atoms with van der Waals surface area (Å²) in [4.78, 5) is 7.09. The fourth-order valence-electron chi connectivity index (χ4n) is 2.72. The fourth-order valence-corrected chi connectivity index (χ4v) is 5.18. The summed E-state index contributed by atoms with van der Waals surface area (Å²) in [6, 6.07) is 6.44. The van der Waals surface area contributed by atoms with Crippen LogP contribution in [-0.2, 0) is 23.0 Å². The number of halogens is 1. The van der Waals surface area contributed by atoms with Crippen LogP contribution in [-0.4, -0.2) is 48.8 Å². The van der Waals surface area contributed by atoms with Crippen LogP contribution in [0, 0.1) is 0 Å². The Labute approximate surface area is 151 Å². The van der Waals surface area contributed by atoms with Gasteiger partial charge in [-0.1, -0.05) is 24.6 Å². The second kappa shape index (κ2) is 7.49. The molecule has 130 valence electrons. The Morgan fingerprint density at radius 1 is 1.25 bits per heavy atom. The van der Waals surface area contributed by atoms with Gasteiger partial charge in [0.15, 0.2) is 0 Å². The molecule has 1 aromatic carbocycles. The molecule has 2 aromatic rings. The Bertz CT molecular complexity index is 799. The van der Waals surface area contributed by atoms with Crippen LogP contribution >= 0.6 is 22.9 Å². The van der Waals surface area contributed by atoms with Gasteiger partial charge >= 0.3 is 0 Å². The first-order valence-corrected chi connectivity index (χ1v) is 10.6. The van der Waals surface area contributed by atoms with Crippen LogP contribution < -0.4 is 0 Å². The third-order valence-electron chi connectivity index (χ3n) is 4.05. The van der Waals surface area contributed by atoms with E-state index in [1.807, 2.05) is 0 Å². The second-order valence-electron chi connectivity index (χ2n) is 5.72. The van der Waals surface area contributed by atoms with Crippen molar-refractivity contribution in [3.8, 4) is 0 Å². The summed E-state index contributed by atoms with van der Waals surface area (Å²) in [5.74, 6) is 0. The van der Waals surface area contributed by atoms with Crippen LogP contribution in [0.4, 0.5) is 0 Å². The van der Waals surface area contributed by atoms with Crippen molar-refractivity contribution in [2.24, 2.45) is 0 Å². The van der Waals surface area contributed by atoms with Gasteiger partial charge in [-0.3, -0.25) is 4.90 Å². The third-order valence-corrected chi connectivity index (χ3v) is 7.22. The molecule has 0 unspecified atom stereocenters.